The average Bonchev–Trinajstić information content (AvgIpc) is 3.39. The van der Waals surface area contributed by atoms with Crippen molar-refractivity contribution in [2.75, 3.05) is 5.32 Å². The number of amides is 4. The Balaban J connectivity index is 1.26. The Morgan fingerprint density at radius 3 is 2.67 bits per heavy atom. The number of carbonyl (C=O) groups excluding carboxylic acids is 3. The zero-order valence-electron chi connectivity index (χ0n) is 16.0. The summed E-state index contributed by atoms with van der Waals surface area (Å²) in [5.41, 5.74) is 3.48. The van der Waals surface area contributed by atoms with Crippen molar-refractivity contribution in [3.63, 3.8) is 0 Å². The number of aromatic nitrogens is 2. The predicted octanol–water partition coefficient (Wildman–Crippen LogP) is 1.87. The van der Waals surface area contributed by atoms with Crippen LogP contribution in [0.3, 0.4) is 0 Å². The third-order valence-electron chi connectivity index (χ3n) is 5.52. The second-order valence-corrected chi connectivity index (χ2v) is 7.67. The van der Waals surface area contributed by atoms with E-state index in [9.17, 15) is 14.4 Å². The summed E-state index contributed by atoms with van der Waals surface area (Å²) in [6.07, 6.45) is 4.33. The number of urea groups is 1. The van der Waals surface area contributed by atoms with Crippen LogP contribution in [0.25, 0.3) is 11.3 Å². The Hall–Kier alpha value is -3.94. The maximum atomic E-state index is 12.5. The maximum Gasteiger partial charge on any atom is 0.322 e. The van der Waals surface area contributed by atoms with Crippen molar-refractivity contribution >= 4 is 23.5 Å². The van der Waals surface area contributed by atoms with Crippen molar-refractivity contribution in [3.8, 4) is 11.3 Å². The smallest absolute Gasteiger partial charge is 0.322 e. The lowest BCUT2D eigenvalue weighted by atomic mass is 9.96. The summed E-state index contributed by atoms with van der Waals surface area (Å²) >= 11 is 0. The Bertz CT molecular complexity index is 1170. The molecule has 0 saturated carbocycles. The Morgan fingerprint density at radius 2 is 1.90 bits per heavy atom. The van der Waals surface area contributed by atoms with Gasteiger partial charge in [0.05, 0.1) is 12.0 Å². The van der Waals surface area contributed by atoms with Crippen molar-refractivity contribution in [1.29, 1.82) is 0 Å². The fraction of sp³-hybridized carbons (Fsp3) is 0.182. The normalized spacial score (nSPS) is 19.5. The first kappa shape index (κ1) is 18.1. The fourth-order valence-electron chi connectivity index (χ4n) is 4.10. The lowest BCUT2D eigenvalue weighted by molar-refractivity contribution is -0.123. The van der Waals surface area contributed by atoms with E-state index in [1.165, 1.54) is 0 Å². The minimum Gasteiger partial charge on any atom is -0.327 e. The predicted molar refractivity (Wildman–Crippen MR) is 110 cm³/mol. The van der Waals surface area contributed by atoms with Crippen LogP contribution in [-0.2, 0) is 29.0 Å². The first-order valence-electron chi connectivity index (χ1n) is 9.63. The summed E-state index contributed by atoms with van der Waals surface area (Å²) in [6.45, 7) is 0.138. The molecule has 1 aliphatic heterocycles. The molecule has 0 bridgehead atoms. The molecular formula is C22H19N5O3. The monoisotopic (exact) mass is 401 g/mol. The van der Waals surface area contributed by atoms with E-state index in [1.54, 1.807) is 10.9 Å². The van der Waals surface area contributed by atoms with Crippen molar-refractivity contribution in [3.05, 3.63) is 72.2 Å². The molecule has 150 valence electrons. The van der Waals surface area contributed by atoms with Gasteiger partial charge in [-0.15, -0.1) is 0 Å². The fourth-order valence-corrected chi connectivity index (χ4v) is 4.10. The van der Waals surface area contributed by atoms with Gasteiger partial charge in [0.2, 0.25) is 5.91 Å². The van der Waals surface area contributed by atoms with Gasteiger partial charge in [0.15, 0.2) is 0 Å². The molecule has 8 heteroatoms. The van der Waals surface area contributed by atoms with Crippen molar-refractivity contribution in [2.45, 2.75) is 24.9 Å². The third kappa shape index (κ3) is 3.22. The van der Waals surface area contributed by atoms with E-state index >= 15 is 0 Å². The van der Waals surface area contributed by atoms with Gasteiger partial charge in [-0.2, -0.15) is 0 Å². The molecule has 1 atom stereocenters. The van der Waals surface area contributed by atoms with Crippen molar-refractivity contribution < 1.29 is 14.4 Å². The number of benzene rings is 2. The number of hydrogen-bond donors (Lipinski definition) is 3. The molecule has 30 heavy (non-hydrogen) atoms. The Labute approximate surface area is 172 Å². The zero-order valence-corrected chi connectivity index (χ0v) is 16.0. The number of nitrogens with one attached hydrogen (secondary N) is 3. The highest BCUT2D eigenvalue weighted by Gasteiger charge is 2.49. The van der Waals surface area contributed by atoms with Crippen LogP contribution in [-0.4, -0.2) is 32.9 Å². The van der Waals surface area contributed by atoms with Crippen molar-refractivity contribution in [2.24, 2.45) is 0 Å². The quantitative estimate of drug-likeness (QED) is 0.581. The molecule has 3 N–H and O–H groups in total. The SMILES string of the molecule is O=C(Cn1cnc(-c2ccccc2)c1)Nc1ccc2c(c1)CC1(C2)NC(=O)NC1=O. The summed E-state index contributed by atoms with van der Waals surface area (Å²) in [7, 11) is 0. The van der Waals surface area contributed by atoms with Crippen LogP contribution in [0.5, 0.6) is 0 Å². The molecule has 4 amide bonds. The molecule has 3 aromatic rings. The second-order valence-electron chi connectivity index (χ2n) is 7.67. The van der Waals surface area contributed by atoms with Gasteiger partial charge < -0.3 is 15.2 Å². The summed E-state index contributed by atoms with van der Waals surface area (Å²) in [5.74, 6) is -0.477. The number of fused-ring (bicyclic) bond motifs is 1. The highest BCUT2D eigenvalue weighted by Crippen LogP contribution is 2.33. The average molecular weight is 401 g/mol. The van der Waals surface area contributed by atoms with Crippen LogP contribution < -0.4 is 16.0 Å². The number of hydrogen-bond acceptors (Lipinski definition) is 4. The summed E-state index contributed by atoms with van der Waals surface area (Å²) in [6, 6.07) is 14.9. The van der Waals surface area contributed by atoms with E-state index in [4.69, 9.17) is 0 Å². The molecule has 2 heterocycles. The summed E-state index contributed by atoms with van der Waals surface area (Å²) in [5, 5.41) is 7.94. The van der Waals surface area contributed by atoms with E-state index < -0.39 is 11.6 Å². The molecule has 1 aliphatic carbocycles. The lowest BCUT2D eigenvalue weighted by Crippen LogP contribution is -2.47. The van der Waals surface area contributed by atoms with E-state index in [2.05, 4.69) is 20.9 Å². The molecule has 8 nitrogen and oxygen atoms in total. The van der Waals surface area contributed by atoms with Gasteiger partial charge in [-0.25, -0.2) is 9.78 Å². The number of carbonyl (C=O) groups is 3. The van der Waals surface area contributed by atoms with Gasteiger partial charge in [-0.1, -0.05) is 36.4 Å². The van der Waals surface area contributed by atoms with Crippen molar-refractivity contribution in [1.82, 2.24) is 20.2 Å². The molecule has 2 aliphatic rings. The van der Waals surface area contributed by atoms with Gasteiger partial charge in [0, 0.05) is 30.3 Å². The Kier molecular flexibility index (Phi) is 4.13. The van der Waals surface area contributed by atoms with E-state index in [0.29, 0.717) is 18.5 Å². The summed E-state index contributed by atoms with van der Waals surface area (Å²) in [4.78, 5) is 40.6. The molecule has 2 aromatic carbocycles. The van der Waals surface area contributed by atoms with Gasteiger partial charge in [-0.3, -0.25) is 14.9 Å². The van der Waals surface area contributed by atoms with Gasteiger partial charge in [-0.05, 0) is 23.3 Å². The highest BCUT2D eigenvalue weighted by molar-refractivity contribution is 6.07. The Morgan fingerprint density at radius 1 is 1.10 bits per heavy atom. The summed E-state index contributed by atoms with van der Waals surface area (Å²) < 4.78 is 1.73. The third-order valence-corrected chi connectivity index (χ3v) is 5.52. The lowest BCUT2D eigenvalue weighted by Gasteiger charge is -2.18. The topological polar surface area (TPSA) is 105 Å². The number of anilines is 1. The minimum absolute atomic E-state index is 0.138. The molecule has 1 aromatic heterocycles. The van der Waals surface area contributed by atoms with Crippen LogP contribution in [0.1, 0.15) is 11.1 Å². The van der Waals surface area contributed by atoms with E-state index in [0.717, 1.165) is 22.4 Å². The first-order chi connectivity index (χ1) is 14.5. The van der Waals surface area contributed by atoms with E-state index in [1.807, 2.05) is 54.7 Å². The number of imidazole rings is 1. The standard InChI is InChI=1S/C22H19N5O3/c28-19(12-27-11-18(23-13-27)14-4-2-1-3-5-14)24-17-7-6-15-9-22(10-16(15)8-17)20(29)25-21(30)26-22/h1-8,11,13H,9-10,12H2,(H,24,28)(H2,25,26,29,30). The van der Waals surface area contributed by atoms with Crippen LogP contribution >= 0.6 is 0 Å². The molecule has 1 unspecified atom stereocenters. The van der Waals surface area contributed by atoms with Crippen LogP contribution in [0.4, 0.5) is 10.5 Å². The van der Waals surface area contributed by atoms with Gasteiger partial charge in [0.1, 0.15) is 12.1 Å². The molecule has 0 radical (unpaired) electrons. The van der Waals surface area contributed by atoms with Gasteiger partial charge >= 0.3 is 6.03 Å². The number of imide groups is 1. The molecule has 1 spiro atoms. The molecule has 1 fully saturated rings. The van der Waals surface area contributed by atoms with Crippen LogP contribution in [0.2, 0.25) is 0 Å². The molecule has 1 saturated heterocycles. The number of nitrogens with zero attached hydrogens (tertiary/aromatic N) is 2. The van der Waals surface area contributed by atoms with Crippen LogP contribution in [0, 0.1) is 0 Å². The second kappa shape index (κ2) is 6.84. The largest absolute Gasteiger partial charge is 0.327 e. The maximum absolute atomic E-state index is 12.5. The van der Waals surface area contributed by atoms with Gasteiger partial charge in [0.25, 0.3) is 5.91 Å². The molecule has 5 rings (SSSR count). The zero-order chi connectivity index (χ0) is 20.7. The number of rotatable bonds is 4. The molecular weight excluding hydrogens is 382 g/mol. The highest BCUT2D eigenvalue weighted by atomic mass is 16.2. The minimum atomic E-state index is -0.910. The van der Waals surface area contributed by atoms with Crippen LogP contribution in [0.15, 0.2) is 61.1 Å². The first-order valence-corrected chi connectivity index (χ1v) is 9.63. The van der Waals surface area contributed by atoms with E-state index in [-0.39, 0.29) is 18.4 Å².